The van der Waals surface area contributed by atoms with E-state index in [1.54, 1.807) is 0 Å². The molecule has 0 heterocycles. The van der Waals surface area contributed by atoms with Gasteiger partial charge in [-0.25, -0.2) is 9.13 Å². The largest absolute Gasteiger partial charge is 0.472 e. The third-order valence-electron chi connectivity index (χ3n) is 15.3. The molecule has 570 valence electrons. The number of unbranched alkanes of at least 4 members (excludes halogenated alkanes) is 20. The van der Waals surface area contributed by atoms with E-state index in [0.29, 0.717) is 32.1 Å². The van der Waals surface area contributed by atoms with Crippen LogP contribution in [0.4, 0.5) is 0 Å². The fraction of sp³-hybridized carbons (Fsp3) is 0.654. The maximum atomic E-state index is 13.1. The molecule has 3 N–H and O–H groups in total. The van der Waals surface area contributed by atoms with Gasteiger partial charge in [0, 0.05) is 25.7 Å². The molecule has 0 saturated heterocycles. The van der Waals surface area contributed by atoms with Crippen LogP contribution in [0.25, 0.3) is 0 Å². The number of ether oxygens (including phenoxy) is 4. The van der Waals surface area contributed by atoms with Crippen LogP contribution in [0.3, 0.4) is 0 Å². The Morgan fingerprint density at radius 2 is 0.540 bits per heavy atom. The summed E-state index contributed by atoms with van der Waals surface area (Å²) >= 11 is 0. The molecule has 17 nitrogen and oxygen atoms in total. The Morgan fingerprint density at radius 1 is 0.290 bits per heavy atom. The van der Waals surface area contributed by atoms with Crippen LogP contribution in [0, 0.1) is 0 Å². The molecule has 0 rings (SSSR count). The Bertz CT molecular complexity index is 2470. The molecule has 0 aromatic rings. The summed E-state index contributed by atoms with van der Waals surface area (Å²) in [5, 5.41) is 10.6. The molecule has 0 bridgehead atoms. The van der Waals surface area contributed by atoms with E-state index < -0.39 is 97.5 Å². The fourth-order valence-electron chi connectivity index (χ4n) is 9.49. The monoisotopic (exact) mass is 1440 g/mol. The molecule has 19 heteroatoms. The summed E-state index contributed by atoms with van der Waals surface area (Å²) < 4.78 is 68.3. The number of rotatable bonds is 70. The van der Waals surface area contributed by atoms with Crippen molar-refractivity contribution in [3.8, 4) is 0 Å². The van der Waals surface area contributed by atoms with Crippen molar-refractivity contribution in [3.63, 3.8) is 0 Å². The van der Waals surface area contributed by atoms with E-state index in [4.69, 9.17) is 37.0 Å². The van der Waals surface area contributed by atoms with Gasteiger partial charge in [0.15, 0.2) is 12.2 Å². The van der Waals surface area contributed by atoms with Gasteiger partial charge < -0.3 is 33.8 Å². The quantitative estimate of drug-likeness (QED) is 0.0169. The van der Waals surface area contributed by atoms with E-state index in [9.17, 15) is 43.2 Å². The van der Waals surface area contributed by atoms with Crippen molar-refractivity contribution in [1.82, 2.24) is 0 Å². The average molecular weight is 1440 g/mol. The van der Waals surface area contributed by atoms with Gasteiger partial charge in [-0.05, 0) is 141 Å². The van der Waals surface area contributed by atoms with Gasteiger partial charge >= 0.3 is 39.5 Å². The number of phosphoric acid groups is 2. The molecule has 0 radical (unpaired) electrons. The Morgan fingerprint density at radius 3 is 0.870 bits per heavy atom. The summed E-state index contributed by atoms with van der Waals surface area (Å²) in [4.78, 5) is 72.7. The molecule has 0 aliphatic heterocycles. The highest BCUT2D eigenvalue weighted by Gasteiger charge is 2.30. The molecular formula is C81H134O17P2. The van der Waals surface area contributed by atoms with Crippen LogP contribution in [0.5, 0.6) is 0 Å². The molecule has 0 saturated carbocycles. The van der Waals surface area contributed by atoms with Crippen molar-refractivity contribution in [2.45, 2.75) is 303 Å². The van der Waals surface area contributed by atoms with Crippen molar-refractivity contribution in [1.29, 1.82) is 0 Å². The molecule has 0 aromatic heterocycles. The van der Waals surface area contributed by atoms with Crippen LogP contribution in [-0.2, 0) is 65.4 Å². The first-order valence-corrected chi connectivity index (χ1v) is 41.1. The number of esters is 4. The van der Waals surface area contributed by atoms with Crippen LogP contribution in [0.2, 0.25) is 0 Å². The van der Waals surface area contributed by atoms with Gasteiger partial charge in [0.1, 0.15) is 19.3 Å². The van der Waals surface area contributed by atoms with Crippen molar-refractivity contribution < 1.29 is 80.2 Å². The second-order valence-corrected chi connectivity index (χ2v) is 27.7. The molecule has 5 unspecified atom stereocenters. The minimum atomic E-state index is -5.00. The minimum absolute atomic E-state index is 0.0282. The number of phosphoric ester groups is 2. The zero-order chi connectivity index (χ0) is 73.2. The van der Waals surface area contributed by atoms with Crippen molar-refractivity contribution in [2.24, 2.45) is 0 Å². The topological polar surface area (TPSA) is 237 Å². The predicted molar refractivity (Wildman–Crippen MR) is 408 cm³/mol. The summed E-state index contributed by atoms with van der Waals surface area (Å²) in [6.45, 7) is 4.43. The van der Waals surface area contributed by atoms with E-state index in [0.717, 1.165) is 173 Å². The second-order valence-electron chi connectivity index (χ2n) is 24.8. The number of aliphatic hydroxyl groups excluding tert-OH is 1. The molecular weight excluding hydrogens is 1310 g/mol. The molecule has 0 fully saturated rings. The predicted octanol–water partition coefficient (Wildman–Crippen LogP) is 21.9. The molecule has 0 aliphatic rings. The average Bonchev–Trinajstić information content (AvgIpc) is 1.06. The summed E-state index contributed by atoms with van der Waals surface area (Å²) in [5.41, 5.74) is 0. The van der Waals surface area contributed by atoms with Gasteiger partial charge in [-0.1, -0.05) is 263 Å². The van der Waals surface area contributed by atoms with Gasteiger partial charge in [-0.2, -0.15) is 0 Å². The molecule has 0 amide bonds. The maximum absolute atomic E-state index is 13.1. The van der Waals surface area contributed by atoms with Gasteiger partial charge in [0.25, 0.3) is 0 Å². The Hall–Kier alpha value is -5.06. The van der Waals surface area contributed by atoms with Crippen LogP contribution in [-0.4, -0.2) is 96.7 Å². The minimum Gasteiger partial charge on any atom is -0.462 e. The Kier molecular flexibility index (Phi) is 68.6. The summed E-state index contributed by atoms with van der Waals surface area (Å²) in [7, 11) is -9.98. The SMILES string of the molecule is CC/C=C\C/C=C\C/C=C\C/C=C\C/C=C\C/C=C\CCC(=O)OCC(COP(=O)(O)OCC(O)COP(=O)(O)OCC(COC(=O)CCCCCCC/C=C\CCCC)OC(=O)CCCCCCC/C=C\CCCC)OC(=O)CCCCCCCC/C=C\C/C=C\C/C=C\C/C=C\CC. The first-order chi connectivity index (χ1) is 48.7. The van der Waals surface area contributed by atoms with Gasteiger partial charge in [0.2, 0.25) is 0 Å². The van der Waals surface area contributed by atoms with Crippen LogP contribution in [0.15, 0.2) is 146 Å². The number of carbonyl (C=O) groups excluding carboxylic acids is 4. The van der Waals surface area contributed by atoms with Crippen LogP contribution < -0.4 is 0 Å². The molecule has 5 atom stereocenters. The molecule has 0 aromatic carbocycles. The summed E-state index contributed by atoms with van der Waals surface area (Å²) in [6, 6.07) is 0. The van der Waals surface area contributed by atoms with Crippen LogP contribution >= 0.6 is 15.6 Å². The summed E-state index contributed by atoms with van der Waals surface area (Å²) in [6.07, 6.45) is 81.5. The first kappa shape index (κ1) is 94.9. The lowest BCUT2D eigenvalue weighted by Crippen LogP contribution is -2.30. The maximum Gasteiger partial charge on any atom is 0.472 e. The summed E-state index contributed by atoms with van der Waals surface area (Å²) in [5.74, 6) is -2.32. The number of aliphatic hydroxyl groups is 1. The number of hydrogen-bond acceptors (Lipinski definition) is 15. The van der Waals surface area contributed by atoms with Crippen molar-refractivity contribution >= 4 is 39.5 Å². The Balaban J connectivity index is 5.43. The fourth-order valence-corrected chi connectivity index (χ4v) is 11.1. The zero-order valence-electron chi connectivity index (χ0n) is 62.1. The van der Waals surface area contributed by atoms with Gasteiger partial charge in [-0.3, -0.25) is 37.3 Å². The van der Waals surface area contributed by atoms with Gasteiger partial charge in [0.05, 0.1) is 26.4 Å². The smallest absolute Gasteiger partial charge is 0.462 e. The third kappa shape index (κ3) is 71.3. The van der Waals surface area contributed by atoms with E-state index in [1.807, 2.05) is 18.2 Å². The van der Waals surface area contributed by atoms with Crippen molar-refractivity contribution in [2.75, 3.05) is 39.6 Å². The molecule has 0 spiro atoms. The number of hydrogen-bond donors (Lipinski definition) is 3. The Labute approximate surface area is 605 Å². The highest BCUT2D eigenvalue weighted by atomic mass is 31.2. The van der Waals surface area contributed by atoms with Crippen LogP contribution in [0.1, 0.15) is 285 Å². The van der Waals surface area contributed by atoms with E-state index >= 15 is 0 Å². The van der Waals surface area contributed by atoms with E-state index in [-0.39, 0.29) is 25.7 Å². The standard InChI is InChI=1S/C81H134O17P2/c1-5-9-13-17-21-25-29-31-33-35-37-39-41-43-47-50-54-58-62-66-79(84)92-72-77(98-81(86)68-64-60-56-52-48-44-42-40-38-36-34-32-30-26-22-18-14-10-6-2)74-96-100(89,90)94-70-75(82)69-93-99(87,88)95-73-76(97-80(85)67-63-59-55-51-46-28-24-20-16-12-8-4)71-91-78(83)65-61-57-53-49-45-27-23-19-15-11-7-3/h9-10,13-14,19-26,31-34,37-40,43,47,54,58,75-77,82H,5-8,11-12,15-18,27-30,35-36,41-42,44-46,48-53,55-57,59-74H2,1-4H3,(H,87,88)(H,89,90)/b13-9-,14-10-,23-19-,24-20-,25-21-,26-22-,33-31-,34-32-,39-37-,40-38-,47-43-,58-54-. The van der Waals surface area contributed by atoms with Gasteiger partial charge in [-0.15, -0.1) is 0 Å². The second kappa shape index (κ2) is 72.3. The lowest BCUT2D eigenvalue weighted by atomic mass is 10.1. The number of allylic oxidation sites excluding steroid dienone is 24. The highest BCUT2D eigenvalue weighted by Crippen LogP contribution is 2.45. The third-order valence-corrected chi connectivity index (χ3v) is 17.2. The van der Waals surface area contributed by atoms with Crippen molar-refractivity contribution in [3.05, 3.63) is 146 Å². The van der Waals surface area contributed by atoms with E-state index in [1.165, 1.54) is 25.7 Å². The zero-order valence-corrected chi connectivity index (χ0v) is 63.9. The lowest BCUT2D eigenvalue weighted by Gasteiger charge is -2.21. The number of carbonyl (C=O) groups is 4. The highest BCUT2D eigenvalue weighted by molar-refractivity contribution is 7.47. The normalized spacial score (nSPS) is 14.8. The van der Waals surface area contributed by atoms with E-state index in [2.05, 4.69) is 155 Å². The first-order valence-electron chi connectivity index (χ1n) is 38.1. The molecule has 100 heavy (non-hydrogen) atoms. The molecule has 0 aliphatic carbocycles. The lowest BCUT2D eigenvalue weighted by molar-refractivity contribution is -0.161.